The van der Waals surface area contributed by atoms with Gasteiger partial charge in [0.25, 0.3) is 5.76 Å². The summed E-state index contributed by atoms with van der Waals surface area (Å²) in [7, 11) is 0. The van der Waals surface area contributed by atoms with Crippen LogP contribution >= 0.6 is 11.8 Å². The van der Waals surface area contributed by atoms with Gasteiger partial charge in [-0.15, -0.1) is 0 Å². The minimum absolute atomic E-state index is 0.175. The molecule has 2 rings (SSSR count). The molecule has 1 amide bonds. The SMILES string of the molecule is C[C@@H]1CNCCN1CC(=O)Nc1ccccc1SC(F)F. The Morgan fingerprint density at radius 3 is 3.00 bits per heavy atom. The first-order valence-electron chi connectivity index (χ1n) is 6.84. The number of amides is 1. The van der Waals surface area contributed by atoms with Crippen molar-refractivity contribution in [3.8, 4) is 0 Å². The summed E-state index contributed by atoms with van der Waals surface area (Å²) in [5.41, 5.74) is 0.440. The number of nitrogens with zero attached hydrogens (tertiary/aromatic N) is 1. The van der Waals surface area contributed by atoms with Gasteiger partial charge in [0.15, 0.2) is 0 Å². The highest BCUT2D eigenvalue weighted by Crippen LogP contribution is 2.31. The molecule has 2 N–H and O–H groups in total. The third kappa shape index (κ3) is 4.94. The molecule has 7 heteroatoms. The first kappa shape index (κ1) is 16.2. The van der Waals surface area contributed by atoms with Gasteiger partial charge in [-0.05, 0) is 19.1 Å². The van der Waals surface area contributed by atoms with Crippen LogP contribution in [-0.4, -0.2) is 48.8 Å². The first-order chi connectivity index (χ1) is 10.1. The molecule has 1 atom stereocenters. The van der Waals surface area contributed by atoms with Crippen molar-refractivity contribution in [1.29, 1.82) is 0 Å². The summed E-state index contributed by atoms with van der Waals surface area (Å²) in [6.07, 6.45) is 0. The van der Waals surface area contributed by atoms with E-state index in [1.165, 1.54) is 0 Å². The Bertz CT molecular complexity index is 487. The highest BCUT2D eigenvalue weighted by Gasteiger charge is 2.20. The first-order valence-corrected chi connectivity index (χ1v) is 7.72. The maximum atomic E-state index is 12.5. The summed E-state index contributed by atoms with van der Waals surface area (Å²) in [5, 5.41) is 5.99. The highest BCUT2D eigenvalue weighted by molar-refractivity contribution is 7.99. The van der Waals surface area contributed by atoms with E-state index in [-0.39, 0.29) is 18.5 Å². The molecule has 0 saturated carbocycles. The summed E-state index contributed by atoms with van der Waals surface area (Å²) in [5.74, 6) is -2.68. The van der Waals surface area contributed by atoms with Crippen LogP contribution in [0.3, 0.4) is 0 Å². The average molecular weight is 315 g/mol. The van der Waals surface area contributed by atoms with Crippen LogP contribution in [0.2, 0.25) is 0 Å². The van der Waals surface area contributed by atoms with Crippen molar-refractivity contribution >= 4 is 23.4 Å². The molecule has 4 nitrogen and oxygen atoms in total. The molecule has 21 heavy (non-hydrogen) atoms. The van der Waals surface area contributed by atoms with Crippen molar-refractivity contribution in [2.75, 3.05) is 31.5 Å². The number of halogens is 2. The molecule has 1 aliphatic heterocycles. The third-order valence-corrected chi connectivity index (χ3v) is 4.15. The lowest BCUT2D eigenvalue weighted by Crippen LogP contribution is -2.52. The molecule has 1 aromatic carbocycles. The van der Waals surface area contributed by atoms with Crippen LogP contribution in [0.15, 0.2) is 29.2 Å². The largest absolute Gasteiger partial charge is 0.324 e. The number of carbonyl (C=O) groups excluding carboxylic acids is 1. The van der Waals surface area contributed by atoms with Crippen molar-refractivity contribution in [2.24, 2.45) is 0 Å². The quantitative estimate of drug-likeness (QED) is 0.818. The monoisotopic (exact) mass is 315 g/mol. The smallest absolute Gasteiger partial charge is 0.288 e. The van der Waals surface area contributed by atoms with E-state index < -0.39 is 5.76 Å². The van der Waals surface area contributed by atoms with Gasteiger partial charge in [0.1, 0.15) is 0 Å². The summed E-state index contributed by atoms with van der Waals surface area (Å²) in [6, 6.07) is 6.91. The van der Waals surface area contributed by atoms with Crippen LogP contribution in [-0.2, 0) is 4.79 Å². The number of alkyl halides is 2. The van der Waals surface area contributed by atoms with E-state index in [2.05, 4.69) is 22.5 Å². The van der Waals surface area contributed by atoms with Crippen molar-refractivity contribution in [3.63, 3.8) is 0 Å². The van der Waals surface area contributed by atoms with Crippen LogP contribution < -0.4 is 10.6 Å². The number of hydrogen-bond acceptors (Lipinski definition) is 4. The lowest BCUT2D eigenvalue weighted by molar-refractivity contribution is -0.118. The van der Waals surface area contributed by atoms with Crippen molar-refractivity contribution in [1.82, 2.24) is 10.2 Å². The molecule has 1 heterocycles. The molecule has 1 saturated heterocycles. The summed E-state index contributed by atoms with van der Waals surface area (Å²) < 4.78 is 25.0. The molecule has 0 unspecified atom stereocenters. The Hall–Kier alpha value is -1.18. The fourth-order valence-corrected chi connectivity index (χ4v) is 2.86. The van der Waals surface area contributed by atoms with Gasteiger partial charge in [0.05, 0.1) is 12.2 Å². The van der Waals surface area contributed by atoms with Gasteiger partial charge >= 0.3 is 0 Å². The third-order valence-electron chi connectivity index (χ3n) is 3.36. The van der Waals surface area contributed by atoms with Gasteiger partial charge in [0, 0.05) is 30.6 Å². The number of benzene rings is 1. The fraction of sp³-hybridized carbons (Fsp3) is 0.500. The summed E-state index contributed by atoms with van der Waals surface area (Å²) in [6.45, 7) is 4.85. The second kappa shape index (κ2) is 7.72. The number of piperazine rings is 1. The zero-order chi connectivity index (χ0) is 15.2. The maximum Gasteiger partial charge on any atom is 0.288 e. The molecule has 1 aliphatic rings. The zero-order valence-corrected chi connectivity index (χ0v) is 12.6. The van der Waals surface area contributed by atoms with Gasteiger partial charge in [0.2, 0.25) is 5.91 Å². The molecule has 0 aromatic heterocycles. The van der Waals surface area contributed by atoms with Gasteiger partial charge in [-0.1, -0.05) is 23.9 Å². The van der Waals surface area contributed by atoms with Crippen LogP contribution in [0.1, 0.15) is 6.92 Å². The molecule has 1 aromatic rings. The number of thioether (sulfide) groups is 1. The predicted octanol–water partition coefficient (Wildman–Crippen LogP) is 2.23. The highest BCUT2D eigenvalue weighted by atomic mass is 32.2. The normalized spacial score (nSPS) is 19.7. The Morgan fingerprint density at radius 1 is 1.52 bits per heavy atom. The second-order valence-electron chi connectivity index (χ2n) is 4.95. The second-order valence-corrected chi connectivity index (χ2v) is 5.98. The maximum absolute atomic E-state index is 12.5. The lowest BCUT2D eigenvalue weighted by atomic mass is 10.2. The van der Waals surface area contributed by atoms with Crippen molar-refractivity contribution in [2.45, 2.75) is 23.6 Å². The summed E-state index contributed by atoms with van der Waals surface area (Å²) >= 11 is 0.442. The van der Waals surface area contributed by atoms with E-state index in [4.69, 9.17) is 0 Å². The minimum Gasteiger partial charge on any atom is -0.324 e. The molecule has 0 bridgehead atoms. The van der Waals surface area contributed by atoms with E-state index in [0.29, 0.717) is 22.3 Å². The van der Waals surface area contributed by atoms with E-state index in [0.717, 1.165) is 19.6 Å². The number of rotatable bonds is 5. The molecule has 116 valence electrons. The number of nitrogens with one attached hydrogen (secondary N) is 2. The lowest BCUT2D eigenvalue weighted by Gasteiger charge is -2.33. The Kier molecular flexibility index (Phi) is 5.96. The number of anilines is 1. The topological polar surface area (TPSA) is 44.4 Å². The molecular formula is C14H19F2N3OS. The van der Waals surface area contributed by atoms with Gasteiger partial charge < -0.3 is 10.6 Å². The van der Waals surface area contributed by atoms with E-state index in [1.807, 2.05) is 0 Å². The standard InChI is InChI=1S/C14H19F2N3OS/c1-10-8-17-6-7-19(10)9-13(20)18-11-4-2-3-5-12(11)21-14(15)16/h2-5,10,14,17H,6-9H2,1H3,(H,18,20)/t10-/m1/s1. The molecule has 0 aliphatic carbocycles. The molecule has 0 spiro atoms. The van der Waals surface area contributed by atoms with E-state index in [1.54, 1.807) is 24.3 Å². The van der Waals surface area contributed by atoms with Crippen molar-refractivity contribution in [3.05, 3.63) is 24.3 Å². The van der Waals surface area contributed by atoms with Crippen molar-refractivity contribution < 1.29 is 13.6 Å². The minimum atomic E-state index is -2.50. The zero-order valence-electron chi connectivity index (χ0n) is 11.8. The Balaban J connectivity index is 1.96. The molecule has 0 radical (unpaired) electrons. The molecule has 1 fully saturated rings. The average Bonchev–Trinajstić information content (AvgIpc) is 2.43. The van der Waals surface area contributed by atoms with Crippen LogP contribution in [0.5, 0.6) is 0 Å². The summed E-state index contributed by atoms with van der Waals surface area (Å²) in [4.78, 5) is 14.6. The van der Waals surface area contributed by atoms with Crippen LogP contribution in [0.4, 0.5) is 14.5 Å². The predicted molar refractivity (Wildman–Crippen MR) is 80.8 cm³/mol. The number of hydrogen-bond donors (Lipinski definition) is 2. The fourth-order valence-electron chi connectivity index (χ4n) is 2.26. The van der Waals surface area contributed by atoms with Crippen LogP contribution in [0, 0.1) is 0 Å². The van der Waals surface area contributed by atoms with Gasteiger partial charge in [-0.2, -0.15) is 8.78 Å². The van der Waals surface area contributed by atoms with E-state index >= 15 is 0 Å². The number of carbonyl (C=O) groups is 1. The van der Waals surface area contributed by atoms with Crippen LogP contribution in [0.25, 0.3) is 0 Å². The Morgan fingerprint density at radius 2 is 2.29 bits per heavy atom. The van der Waals surface area contributed by atoms with Gasteiger partial charge in [-0.3, -0.25) is 9.69 Å². The number of para-hydroxylation sites is 1. The van der Waals surface area contributed by atoms with E-state index in [9.17, 15) is 13.6 Å². The Labute approximate surface area is 127 Å². The molecular weight excluding hydrogens is 296 g/mol. The van der Waals surface area contributed by atoms with Gasteiger partial charge in [-0.25, -0.2) is 0 Å².